The number of nitrogens with zero attached hydrogens (tertiary/aromatic N) is 4. The van der Waals surface area contributed by atoms with E-state index < -0.39 is 29.6 Å². The number of nitriles is 1. The number of carbonyl (C=O) groups excluding carboxylic acids is 3. The van der Waals surface area contributed by atoms with Gasteiger partial charge in [-0.3, -0.25) is 24.2 Å². The zero-order valence-corrected chi connectivity index (χ0v) is 25.7. The quantitative estimate of drug-likeness (QED) is 0.407. The number of halogens is 2. The highest BCUT2D eigenvalue weighted by atomic mass is 35.5. The van der Waals surface area contributed by atoms with Gasteiger partial charge >= 0.3 is 0 Å². The third kappa shape index (κ3) is 6.09. The van der Waals surface area contributed by atoms with Crippen molar-refractivity contribution in [3.63, 3.8) is 0 Å². The summed E-state index contributed by atoms with van der Waals surface area (Å²) in [6.07, 6.45) is 8.29. The van der Waals surface area contributed by atoms with Gasteiger partial charge in [-0.05, 0) is 81.4 Å². The fourth-order valence-corrected chi connectivity index (χ4v) is 6.91. The zero-order chi connectivity index (χ0) is 31.7. The molecule has 1 aromatic carbocycles. The first-order valence-electron chi connectivity index (χ1n) is 15.3. The van der Waals surface area contributed by atoms with Gasteiger partial charge in [0.2, 0.25) is 11.8 Å². The number of H-pyrrole nitrogens is 1. The maximum absolute atomic E-state index is 15.0. The first-order chi connectivity index (χ1) is 21.7. The van der Waals surface area contributed by atoms with Crippen LogP contribution in [0.1, 0.15) is 75.5 Å². The van der Waals surface area contributed by atoms with E-state index in [-0.39, 0.29) is 30.6 Å². The van der Waals surface area contributed by atoms with Crippen molar-refractivity contribution in [2.75, 3.05) is 4.90 Å². The van der Waals surface area contributed by atoms with Gasteiger partial charge in [0.05, 0.1) is 17.0 Å². The van der Waals surface area contributed by atoms with Crippen LogP contribution in [-0.2, 0) is 14.4 Å². The molecule has 2 aromatic heterocycles. The van der Waals surface area contributed by atoms with Gasteiger partial charge in [-0.25, -0.2) is 9.37 Å². The molecule has 6 rings (SSSR count). The number of amides is 3. The van der Waals surface area contributed by atoms with Crippen LogP contribution >= 0.6 is 11.6 Å². The van der Waals surface area contributed by atoms with E-state index in [2.05, 4.69) is 27.4 Å². The summed E-state index contributed by atoms with van der Waals surface area (Å²) in [7, 11) is 0. The molecule has 3 amide bonds. The van der Waals surface area contributed by atoms with Gasteiger partial charge in [-0.2, -0.15) is 5.26 Å². The minimum absolute atomic E-state index is 0.104. The van der Waals surface area contributed by atoms with Crippen LogP contribution in [0.25, 0.3) is 11.8 Å². The number of aromatic amines is 1. The molecule has 1 saturated carbocycles. The second kappa shape index (κ2) is 12.5. The first kappa shape index (κ1) is 30.5. The van der Waals surface area contributed by atoms with Crippen LogP contribution in [0.5, 0.6) is 0 Å². The van der Waals surface area contributed by atoms with E-state index in [4.69, 9.17) is 11.6 Å². The summed E-state index contributed by atoms with van der Waals surface area (Å²) in [6, 6.07) is 11.5. The monoisotopic (exact) mass is 628 g/mol. The fourth-order valence-electron chi connectivity index (χ4n) is 6.67. The van der Waals surface area contributed by atoms with Gasteiger partial charge in [0, 0.05) is 41.1 Å². The Labute approximate surface area is 265 Å². The number of rotatable bonds is 7. The van der Waals surface area contributed by atoms with Crippen molar-refractivity contribution in [2.24, 2.45) is 0 Å². The molecule has 0 radical (unpaired) electrons. The summed E-state index contributed by atoms with van der Waals surface area (Å²) >= 11 is 6.75. The molecule has 0 spiro atoms. The van der Waals surface area contributed by atoms with Crippen molar-refractivity contribution in [1.29, 1.82) is 5.26 Å². The van der Waals surface area contributed by atoms with Crippen molar-refractivity contribution in [2.45, 2.75) is 82.1 Å². The first-order valence-corrected chi connectivity index (χ1v) is 15.7. The number of pyridine rings is 1. The molecule has 3 aromatic rings. The van der Waals surface area contributed by atoms with E-state index in [1.54, 1.807) is 37.4 Å². The van der Waals surface area contributed by atoms with E-state index in [0.29, 0.717) is 65.7 Å². The highest BCUT2D eigenvalue weighted by Crippen LogP contribution is 2.37. The Balaban J connectivity index is 1.48. The number of aromatic nitrogens is 2. The van der Waals surface area contributed by atoms with Crippen LogP contribution in [0, 0.1) is 11.3 Å². The molecule has 3 aliphatic rings. The largest absolute Gasteiger partial charge is 0.360 e. The predicted molar refractivity (Wildman–Crippen MR) is 168 cm³/mol. The molecule has 11 heteroatoms. The Hall–Kier alpha value is -4.49. The predicted octanol–water partition coefficient (Wildman–Crippen LogP) is 4.17. The number of carbonyl (C=O) groups is 3. The van der Waals surface area contributed by atoms with Crippen molar-refractivity contribution < 1.29 is 18.8 Å². The lowest BCUT2D eigenvalue weighted by Gasteiger charge is -2.38. The number of fused-ring (bicyclic) bond motifs is 1. The average molecular weight is 629 g/mol. The second-order valence-corrected chi connectivity index (χ2v) is 12.6. The summed E-state index contributed by atoms with van der Waals surface area (Å²) in [6.45, 7) is 1.58. The highest BCUT2D eigenvalue weighted by Gasteiger charge is 2.45. The Kier molecular flexibility index (Phi) is 8.47. The number of alkyl halides is 1. The average Bonchev–Trinajstić information content (AvgIpc) is 3.68. The smallest absolute Gasteiger partial charge is 0.251 e. The summed E-state index contributed by atoms with van der Waals surface area (Å²) in [5.41, 5.74) is 0.0765. The van der Waals surface area contributed by atoms with Gasteiger partial charge in [0.1, 0.15) is 23.6 Å². The van der Waals surface area contributed by atoms with Gasteiger partial charge < -0.3 is 10.3 Å². The lowest BCUT2D eigenvalue weighted by atomic mass is 9.85. The van der Waals surface area contributed by atoms with E-state index in [1.807, 2.05) is 6.07 Å². The van der Waals surface area contributed by atoms with Crippen molar-refractivity contribution >= 4 is 46.9 Å². The number of anilines is 1. The van der Waals surface area contributed by atoms with Crippen molar-refractivity contribution in [3.8, 4) is 6.07 Å². The minimum Gasteiger partial charge on any atom is -0.360 e. The molecular formula is C34H34ClFN6O3. The summed E-state index contributed by atoms with van der Waals surface area (Å²) < 4.78 is 14.6. The van der Waals surface area contributed by atoms with Gasteiger partial charge in [-0.15, -0.1) is 0 Å². The summed E-state index contributed by atoms with van der Waals surface area (Å²) in [5, 5.41) is 14.5. The Morgan fingerprint density at radius 2 is 1.98 bits per heavy atom. The number of nitrogens with one attached hydrogen (secondary N) is 2. The molecule has 2 aliphatic carbocycles. The standard InChI is InChI=1S/C34H34ClFN6O3/c1-34(36)15-11-23(12-16-34)40-32(44)31(24-6-2-3-7-25(24)35)42(26-8-4-5-22-14-18-39-30(22)26)33(45)27-9-10-29(43)41(27)28-19-21(20-37)13-17-38-28/h2-3,5-7,13-14,17-19,23,27,31,39H,4,8-12,15-16H2,1H3,(H,40,44)/t23?,27-,31?,34?/m0/s1. The van der Waals surface area contributed by atoms with E-state index in [0.717, 1.165) is 5.22 Å². The maximum Gasteiger partial charge on any atom is 0.251 e. The Bertz CT molecular complexity index is 1800. The maximum atomic E-state index is 15.0. The number of hydrogen-bond donors (Lipinski definition) is 2. The molecule has 1 saturated heterocycles. The fraction of sp³-hybridized carbons (Fsp3) is 0.382. The lowest BCUT2D eigenvalue weighted by Crippen LogP contribution is -2.54. The molecule has 1 aliphatic heterocycles. The van der Waals surface area contributed by atoms with Crippen LogP contribution in [0.3, 0.4) is 0 Å². The molecular weight excluding hydrogens is 595 g/mol. The molecule has 45 heavy (non-hydrogen) atoms. The van der Waals surface area contributed by atoms with E-state index in [1.165, 1.54) is 28.1 Å². The van der Waals surface area contributed by atoms with Gasteiger partial charge in [0.25, 0.3) is 5.91 Å². The Morgan fingerprint density at radius 1 is 1.20 bits per heavy atom. The molecule has 2 N–H and O–H groups in total. The van der Waals surface area contributed by atoms with Gasteiger partial charge in [0.15, 0.2) is 0 Å². The normalized spacial score (nSPS) is 23.5. The third-order valence-corrected chi connectivity index (χ3v) is 9.39. The highest BCUT2D eigenvalue weighted by molar-refractivity contribution is 6.31. The summed E-state index contributed by atoms with van der Waals surface area (Å²) in [5.74, 6) is -0.983. The van der Waals surface area contributed by atoms with Crippen LogP contribution < -0.4 is 20.8 Å². The van der Waals surface area contributed by atoms with Crippen LogP contribution in [0.2, 0.25) is 5.02 Å². The van der Waals surface area contributed by atoms with E-state index in [9.17, 15) is 24.0 Å². The SMILES string of the molecule is CC1(F)CCC(NC(=O)C(c2ccccc2Cl)N(C(=O)[C@@H]2CCC(=O)N2c2cc(C#N)ccn2)C2=c3[nH]ccc3=CCC2)CC1. The second-order valence-electron chi connectivity index (χ2n) is 12.2. The van der Waals surface area contributed by atoms with Gasteiger partial charge in [-0.1, -0.05) is 35.9 Å². The minimum atomic E-state index is -1.28. The van der Waals surface area contributed by atoms with Crippen LogP contribution in [0.15, 0.2) is 54.9 Å². The molecule has 2 atom stereocenters. The zero-order valence-electron chi connectivity index (χ0n) is 24.9. The number of benzene rings is 1. The van der Waals surface area contributed by atoms with Crippen LogP contribution in [-0.4, -0.2) is 50.3 Å². The molecule has 1 unspecified atom stereocenters. The molecule has 3 heterocycles. The third-order valence-electron chi connectivity index (χ3n) is 9.04. The number of hydrogen-bond acceptors (Lipinski definition) is 5. The topological polar surface area (TPSA) is 122 Å². The molecule has 2 fully saturated rings. The van der Waals surface area contributed by atoms with Crippen LogP contribution in [0.4, 0.5) is 10.2 Å². The molecule has 0 bridgehead atoms. The van der Waals surface area contributed by atoms with E-state index >= 15 is 0 Å². The molecule has 232 valence electrons. The Morgan fingerprint density at radius 3 is 2.73 bits per heavy atom. The van der Waals surface area contributed by atoms with Crippen molar-refractivity contribution in [3.05, 3.63) is 81.6 Å². The van der Waals surface area contributed by atoms with Crippen molar-refractivity contribution in [1.82, 2.24) is 20.2 Å². The lowest BCUT2D eigenvalue weighted by molar-refractivity contribution is -0.138. The summed E-state index contributed by atoms with van der Waals surface area (Å²) in [4.78, 5) is 53.1. The molecule has 9 nitrogen and oxygen atoms in total.